The Morgan fingerprint density at radius 2 is 1.80 bits per heavy atom. The average molecular weight is 549 g/mol. The highest BCUT2D eigenvalue weighted by Gasteiger charge is 2.10. The van der Waals surface area contributed by atoms with E-state index in [0.29, 0.717) is 31.0 Å². The van der Waals surface area contributed by atoms with E-state index in [9.17, 15) is 12.8 Å². The molecule has 0 saturated heterocycles. The minimum Gasteiger partial charge on any atom is -0.494 e. The maximum atomic E-state index is 13.9. The molecule has 30 heavy (non-hydrogen) atoms. The van der Waals surface area contributed by atoms with Crippen LogP contribution >= 0.6 is 24.0 Å². The fraction of sp³-hybridized carbons (Fsp3) is 0.381. The zero-order chi connectivity index (χ0) is 21.4. The Bertz CT molecular complexity index is 950. The average Bonchev–Trinajstić information content (AvgIpc) is 2.67. The minimum atomic E-state index is -3.19. The number of hydrogen-bond acceptors (Lipinski definition) is 4. The van der Waals surface area contributed by atoms with Crippen LogP contribution in [-0.4, -0.2) is 52.8 Å². The van der Waals surface area contributed by atoms with E-state index < -0.39 is 15.7 Å². The molecule has 0 aromatic heterocycles. The third kappa shape index (κ3) is 7.75. The van der Waals surface area contributed by atoms with Crippen LogP contribution in [0.4, 0.5) is 4.39 Å². The van der Waals surface area contributed by atoms with Gasteiger partial charge in [-0.05, 0) is 48.7 Å². The number of benzene rings is 2. The van der Waals surface area contributed by atoms with E-state index >= 15 is 0 Å². The van der Waals surface area contributed by atoms with Gasteiger partial charge < -0.3 is 15.0 Å². The Balaban J connectivity index is 0.00000450. The molecule has 6 nitrogen and oxygen atoms in total. The van der Waals surface area contributed by atoms with Crippen LogP contribution in [0.25, 0.3) is 0 Å². The van der Waals surface area contributed by atoms with E-state index in [-0.39, 0.29) is 29.7 Å². The van der Waals surface area contributed by atoms with Crippen LogP contribution in [-0.2, 0) is 22.8 Å². The second kappa shape index (κ2) is 12.1. The monoisotopic (exact) mass is 549 g/mol. The quantitative estimate of drug-likeness (QED) is 0.310. The van der Waals surface area contributed by atoms with Crippen molar-refractivity contribution in [2.24, 2.45) is 4.99 Å². The molecule has 2 rings (SSSR count). The lowest BCUT2D eigenvalue weighted by atomic mass is 10.1. The highest BCUT2D eigenvalue weighted by molar-refractivity contribution is 14.0. The van der Waals surface area contributed by atoms with Crippen LogP contribution < -0.4 is 10.1 Å². The van der Waals surface area contributed by atoms with Crippen molar-refractivity contribution in [1.29, 1.82) is 0 Å². The molecule has 0 spiro atoms. The van der Waals surface area contributed by atoms with Crippen LogP contribution in [0.2, 0.25) is 0 Å². The topological polar surface area (TPSA) is 71.0 Å². The lowest BCUT2D eigenvalue weighted by Gasteiger charge is -2.22. The molecular formula is C21H29FIN3O3S. The van der Waals surface area contributed by atoms with E-state index in [0.717, 1.165) is 17.1 Å². The molecule has 0 aliphatic heterocycles. The molecule has 1 N–H and O–H groups in total. The van der Waals surface area contributed by atoms with Gasteiger partial charge in [0.05, 0.1) is 12.0 Å². The number of ether oxygens (including phenoxy) is 1. The number of methoxy groups -OCH3 is 1. The van der Waals surface area contributed by atoms with Crippen molar-refractivity contribution in [3.8, 4) is 5.75 Å². The predicted molar refractivity (Wildman–Crippen MR) is 129 cm³/mol. The molecule has 0 radical (unpaired) electrons. The number of aliphatic imine (C=N–C) groups is 1. The second-order valence-corrected chi connectivity index (χ2v) is 8.74. The van der Waals surface area contributed by atoms with E-state index in [2.05, 4.69) is 10.3 Å². The van der Waals surface area contributed by atoms with Crippen LogP contribution in [0.5, 0.6) is 5.75 Å². The van der Waals surface area contributed by atoms with Crippen LogP contribution in [0.3, 0.4) is 0 Å². The molecule has 0 amide bonds. The van der Waals surface area contributed by atoms with Gasteiger partial charge in [-0.3, -0.25) is 4.99 Å². The van der Waals surface area contributed by atoms with E-state index in [1.807, 2.05) is 37.1 Å². The first-order valence-electron chi connectivity index (χ1n) is 9.35. The summed E-state index contributed by atoms with van der Waals surface area (Å²) in [5.41, 5.74) is 1.82. The normalized spacial score (nSPS) is 11.6. The summed E-state index contributed by atoms with van der Waals surface area (Å²) in [6, 6.07) is 11.7. The van der Waals surface area contributed by atoms with Gasteiger partial charge >= 0.3 is 0 Å². The summed E-state index contributed by atoms with van der Waals surface area (Å²) in [7, 11) is 0.144. The van der Waals surface area contributed by atoms with Gasteiger partial charge in [-0.25, -0.2) is 12.8 Å². The third-order valence-corrected chi connectivity index (χ3v) is 5.47. The molecule has 0 heterocycles. The molecule has 0 unspecified atom stereocenters. The summed E-state index contributed by atoms with van der Waals surface area (Å²) in [6.45, 7) is 3.74. The van der Waals surface area contributed by atoms with Crippen LogP contribution in [0.15, 0.2) is 52.4 Å². The largest absolute Gasteiger partial charge is 0.494 e. The number of nitrogens with one attached hydrogen (secondary N) is 1. The fourth-order valence-electron chi connectivity index (χ4n) is 2.82. The van der Waals surface area contributed by atoms with E-state index in [1.54, 1.807) is 18.2 Å². The summed E-state index contributed by atoms with van der Waals surface area (Å²) >= 11 is 0. The number of nitrogens with zero attached hydrogens (tertiary/aromatic N) is 2. The molecule has 2 aromatic carbocycles. The zero-order valence-electron chi connectivity index (χ0n) is 17.7. The number of halogens is 2. The van der Waals surface area contributed by atoms with Crippen LogP contribution in [0.1, 0.15) is 18.1 Å². The summed E-state index contributed by atoms with van der Waals surface area (Å²) in [5.74, 6) is 0.549. The van der Waals surface area contributed by atoms with Gasteiger partial charge in [0.2, 0.25) is 0 Å². The SMILES string of the molecule is CCNC(=NCCc1ccc(S(C)(=O)=O)cc1)N(C)Cc1ccc(OC)c(F)c1.I. The minimum absolute atomic E-state index is 0. The Morgan fingerprint density at radius 3 is 2.33 bits per heavy atom. The van der Waals surface area contributed by atoms with E-state index in [4.69, 9.17) is 4.74 Å². The molecule has 166 valence electrons. The Hall–Kier alpha value is -1.88. The molecule has 2 aromatic rings. The zero-order valence-corrected chi connectivity index (χ0v) is 20.8. The summed E-state index contributed by atoms with van der Waals surface area (Å²) in [5, 5.41) is 3.23. The first-order chi connectivity index (χ1) is 13.7. The molecule has 0 atom stereocenters. The van der Waals surface area contributed by atoms with Crippen LogP contribution in [0, 0.1) is 5.82 Å². The maximum absolute atomic E-state index is 13.9. The van der Waals surface area contributed by atoms with Gasteiger partial charge in [0, 0.05) is 32.9 Å². The van der Waals surface area contributed by atoms with Crippen molar-refractivity contribution in [2.75, 3.05) is 33.5 Å². The number of rotatable bonds is 8. The smallest absolute Gasteiger partial charge is 0.193 e. The first-order valence-corrected chi connectivity index (χ1v) is 11.2. The van der Waals surface area contributed by atoms with Gasteiger partial charge in [0.25, 0.3) is 0 Å². The van der Waals surface area contributed by atoms with Crippen molar-refractivity contribution >= 4 is 39.8 Å². The van der Waals surface area contributed by atoms with Crippen molar-refractivity contribution in [3.63, 3.8) is 0 Å². The number of sulfone groups is 1. The summed E-state index contributed by atoms with van der Waals surface area (Å²) in [6.07, 6.45) is 1.88. The lowest BCUT2D eigenvalue weighted by Crippen LogP contribution is -2.38. The fourth-order valence-corrected chi connectivity index (χ4v) is 3.45. The Kier molecular flexibility index (Phi) is 10.5. The molecule has 9 heteroatoms. The predicted octanol–water partition coefficient (Wildman–Crippen LogP) is 3.50. The van der Waals surface area contributed by atoms with Gasteiger partial charge in [0.15, 0.2) is 27.4 Å². The number of hydrogen-bond donors (Lipinski definition) is 1. The molecule has 0 fully saturated rings. The van der Waals surface area contributed by atoms with Crippen molar-refractivity contribution in [1.82, 2.24) is 10.2 Å². The molecule has 0 bridgehead atoms. The van der Waals surface area contributed by atoms with E-state index in [1.165, 1.54) is 19.4 Å². The highest BCUT2D eigenvalue weighted by atomic mass is 127. The third-order valence-electron chi connectivity index (χ3n) is 4.35. The number of guanidine groups is 1. The van der Waals surface area contributed by atoms with Crippen molar-refractivity contribution < 1.29 is 17.5 Å². The Labute approximate surface area is 195 Å². The second-order valence-electron chi connectivity index (χ2n) is 6.73. The van der Waals surface area contributed by atoms with Gasteiger partial charge in [-0.2, -0.15) is 0 Å². The molecule has 0 aliphatic carbocycles. The standard InChI is InChI=1S/C21H28FN3O3S.HI/c1-5-23-21(25(2)15-17-8-11-20(28-3)19(22)14-17)24-13-12-16-6-9-18(10-7-16)29(4,26)27;/h6-11,14H,5,12-13,15H2,1-4H3,(H,23,24);1H. The molecule has 0 aliphatic rings. The lowest BCUT2D eigenvalue weighted by molar-refractivity contribution is 0.385. The van der Waals surface area contributed by atoms with Gasteiger partial charge in [-0.15, -0.1) is 24.0 Å². The van der Waals surface area contributed by atoms with Crippen molar-refractivity contribution in [2.45, 2.75) is 24.8 Å². The van der Waals surface area contributed by atoms with Gasteiger partial charge in [0.1, 0.15) is 0 Å². The summed E-state index contributed by atoms with van der Waals surface area (Å²) in [4.78, 5) is 6.86. The maximum Gasteiger partial charge on any atom is 0.193 e. The molecular weight excluding hydrogens is 520 g/mol. The first kappa shape index (κ1) is 26.2. The molecule has 0 saturated carbocycles. The highest BCUT2D eigenvalue weighted by Crippen LogP contribution is 2.18. The van der Waals surface area contributed by atoms with Gasteiger partial charge in [-0.1, -0.05) is 18.2 Å². The Morgan fingerprint density at radius 1 is 1.17 bits per heavy atom. The van der Waals surface area contributed by atoms with Crippen molar-refractivity contribution in [3.05, 3.63) is 59.4 Å². The summed E-state index contributed by atoms with van der Waals surface area (Å²) < 4.78 is 41.9.